The van der Waals surface area contributed by atoms with Crippen LogP contribution < -0.4 is 4.74 Å². The molecule has 1 aromatic carbocycles. The first-order chi connectivity index (χ1) is 11.6. The summed E-state index contributed by atoms with van der Waals surface area (Å²) in [5, 5.41) is 0.142. The molecule has 1 aliphatic heterocycles. The van der Waals surface area contributed by atoms with E-state index in [9.17, 15) is 4.39 Å². The van der Waals surface area contributed by atoms with Crippen LogP contribution in [-0.2, 0) is 4.43 Å². The smallest absolute Gasteiger partial charge is 0.192 e. The van der Waals surface area contributed by atoms with E-state index < -0.39 is 8.32 Å². The second-order valence-corrected chi connectivity index (χ2v) is 13.0. The molecule has 0 N–H and O–H groups in total. The van der Waals surface area contributed by atoms with E-state index in [0.717, 1.165) is 30.6 Å². The van der Waals surface area contributed by atoms with Crippen LogP contribution in [-0.4, -0.2) is 20.5 Å². The molecule has 138 valence electrons. The Balaban J connectivity index is 2.19. The minimum Gasteiger partial charge on any atom is -0.483 e. The fraction of sp³-hybridized carbons (Fsp3) is 0.524. The molecule has 0 fully saturated rings. The molecule has 25 heavy (non-hydrogen) atoms. The molecule has 2 rings (SSSR count). The number of halogens is 1. The van der Waals surface area contributed by atoms with E-state index in [1.54, 1.807) is 6.07 Å². The van der Waals surface area contributed by atoms with Gasteiger partial charge in [-0.25, -0.2) is 4.39 Å². The van der Waals surface area contributed by atoms with E-state index in [4.69, 9.17) is 9.16 Å². The van der Waals surface area contributed by atoms with Gasteiger partial charge in [0, 0.05) is 5.56 Å². The first-order valence-electron chi connectivity index (χ1n) is 9.07. The van der Waals surface area contributed by atoms with Gasteiger partial charge in [-0.2, -0.15) is 0 Å². The second-order valence-electron chi connectivity index (χ2n) is 8.26. The summed E-state index contributed by atoms with van der Waals surface area (Å²) < 4.78 is 26.2. The minimum absolute atomic E-state index is 0.00436. The molecule has 0 radical (unpaired) electrons. The first-order valence-corrected chi connectivity index (χ1v) is 12.0. The monoisotopic (exact) mass is 362 g/mol. The number of hydrogen-bond donors (Lipinski definition) is 0. The molecule has 0 amide bonds. The summed E-state index contributed by atoms with van der Waals surface area (Å²) in [7, 11) is -1.91. The van der Waals surface area contributed by atoms with Crippen molar-refractivity contribution in [3.63, 3.8) is 0 Å². The van der Waals surface area contributed by atoms with Gasteiger partial charge in [0.25, 0.3) is 0 Å². The fourth-order valence-corrected chi connectivity index (χ4v) is 4.01. The average molecular weight is 363 g/mol. The summed E-state index contributed by atoms with van der Waals surface area (Å²) >= 11 is 0. The van der Waals surface area contributed by atoms with Crippen molar-refractivity contribution in [2.45, 2.75) is 70.4 Å². The zero-order chi connectivity index (χ0) is 18.7. The molecule has 0 spiro atoms. The minimum atomic E-state index is -1.91. The van der Waals surface area contributed by atoms with Gasteiger partial charge >= 0.3 is 0 Å². The van der Waals surface area contributed by atoms with Gasteiger partial charge in [-0.15, -0.1) is 6.58 Å². The number of rotatable bonds is 7. The number of allylic oxidation sites excluding steroid dienone is 1. The third-order valence-electron chi connectivity index (χ3n) is 5.22. The lowest BCUT2D eigenvalue weighted by atomic mass is 10.0. The zero-order valence-corrected chi connectivity index (χ0v) is 17.1. The molecule has 1 unspecified atom stereocenters. The van der Waals surface area contributed by atoms with Crippen LogP contribution in [0.25, 0.3) is 6.08 Å². The number of ether oxygens (including phenoxy) is 1. The molecule has 0 saturated heterocycles. The van der Waals surface area contributed by atoms with Crippen LogP contribution in [0.3, 0.4) is 0 Å². The van der Waals surface area contributed by atoms with Gasteiger partial charge in [-0.1, -0.05) is 32.9 Å². The summed E-state index contributed by atoms with van der Waals surface area (Å²) in [4.78, 5) is 0. The molecular formula is C21H31FO2Si. The predicted molar refractivity (Wildman–Crippen MR) is 106 cm³/mol. The van der Waals surface area contributed by atoms with Crippen LogP contribution in [0.15, 0.2) is 36.9 Å². The third-order valence-corrected chi connectivity index (χ3v) is 9.72. The molecule has 4 heteroatoms. The second kappa shape index (κ2) is 7.88. The van der Waals surface area contributed by atoms with Gasteiger partial charge < -0.3 is 9.16 Å². The van der Waals surface area contributed by atoms with Crippen molar-refractivity contribution in [2.24, 2.45) is 0 Å². The van der Waals surface area contributed by atoms with Crippen LogP contribution in [0, 0.1) is 5.82 Å². The van der Waals surface area contributed by atoms with Gasteiger partial charge in [-0.05, 0) is 61.7 Å². The van der Waals surface area contributed by atoms with Gasteiger partial charge in [0.2, 0.25) is 0 Å². The Kier molecular flexibility index (Phi) is 6.28. The van der Waals surface area contributed by atoms with Gasteiger partial charge in [-0.3, -0.25) is 0 Å². The van der Waals surface area contributed by atoms with Crippen molar-refractivity contribution in [1.82, 2.24) is 0 Å². The number of unbranched alkanes of at least 4 members (excludes halogenated alkanes) is 1. The largest absolute Gasteiger partial charge is 0.483 e. The van der Waals surface area contributed by atoms with Crippen LogP contribution >= 0.6 is 0 Å². The molecule has 1 aromatic rings. The van der Waals surface area contributed by atoms with E-state index in [2.05, 4.69) is 40.4 Å². The summed E-state index contributed by atoms with van der Waals surface area (Å²) in [6.07, 6.45) is 8.66. The van der Waals surface area contributed by atoms with Crippen LogP contribution in [0.5, 0.6) is 5.75 Å². The maximum absolute atomic E-state index is 13.4. The molecule has 0 aliphatic carbocycles. The summed E-state index contributed by atoms with van der Waals surface area (Å²) in [5.74, 6) is 0.479. The quantitative estimate of drug-likeness (QED) is 0.320. The predicted octanol–water partition coefficient (Wildman–Crippen LogP) is 6.35. The molecule has 1 heterocycles. The molecule has 2 nitrogen and oxygen atoms in total. The van der Waals surface area contributed by atoms with E-state index in [1.807, 2.05) is 18.2 Å². The van der Waals surface area contributed by atoms with E-state index in [-0.39, 0.29) is 23.1 Å². The Bertz CT molecular complexity index is 631. The highest BCUT2D eigenvalue weighted by Crippen LogP contribution is 2.39. The Labute approximate surface area is 152 Å². The maximum atomic E-state index is 13.4. The van der Waals surface area contributed by atoms with Crippen LogP contribution in [0.4, 0.5) is 4.39 Å². The van der Waals surface area contributed by atoms with E-state index in [0.29, 0.717) is 0 Å². The highest BCUT2D eigenvalue weighted by molar-refractivity contribution is 6.74. The lowest BCUT2D eigenvalue weighted by Gasteiger charge is -2.41. The average Bonchev–Trinajstić information content (AvgIpc) is 2.52. The third kappa shape index (κ3) is 5.05. The highest BCUT2D eigenvalue weighted by Gasteiger charge is 2.41. The Morgan fingerprint density at radius 1 is 1.36 bits per heavy atom. The van der Waals surface area contributed by atoms with E-state index in [1.165, 1.54) is 12.1 Å². The van der Waals surface area contributed by atoms with Crippen LogP contribution in [0.2, 0.25) is 18.1 Å². The maximum Gasteiger partial charge on any atom is 0.192 e. The highest BCUT2D eigenvalue weighted by atomic mass is 28.4. The first kappa shape index (κ1) is 19.9. The lowest BCUT2D eigenvalue weighted by molar-refractivity contribution is 0.0634. The standard InChI is InChI=1S/C21H31FO2Si/c1-7-8-9-10-20(24-25(5,6)21(2,3)4)19-13-11-16-15-17(22)12-14-18(16)23-19/h7,11-15,19-20H,1,8-10H2,2-6H3/t19?,20-/m1/s1. The van der Waals surface area contributed by atoms with Crippen molar-refractivity contribution in [2.75, 3.05) is 0 Å². The lowest BCUT2D eigenvalue weighted by Crippen LogP contribution is -2.48. The van der Waals surface area contributed by atoms with Crippen molar-refractivity contribution < 1.29 is 13.6 Å². The summed E-state index contributed by atoms with van der Waals surface area (Å²) in [5.41, 5.74) is 0.786. The van der Waals surface area contributed by atoms with Crippen molar-refractivity contribution in [3.8, 4) is 5.75 Å². The number of benzene rings is 1. The van der Waals surface area contributed by atoms with Crippen LogP contribution in [0.1, 0.15) is 45.6 Å². The van der Waals surface area contributed by atoms with Crippen molar-refractivity contribution >= 4 is 14.4 Å². The topological polar surface area (TPSA) is 18.5 Å². The zero-order valence-electron chi connectivity index (χ0n) is 16.1. The van der Waals surface area contributed by atoms with Gasteiger partial charge in [0.05, 0.1) is 6.10 Å². The number of hydrogen-bond acceptors (Lipinski definition) is 2. The number of fused-ring (bicyclic) bond motifs is 1. The Morgan fingerprint density at radius 3 is 2.72 bits per heavy atom. The summed E-state index contributed by atoms with van der Waals surface area (Å²) in [6.45, 7) is 15.1. The summed E-state index contributed by atoms with van der Waals surface area (Å²) in [6, 6.07) is 4.65. The Morgan fingerprint density at radius 2 is 2.08 bits per heavy atom. The van der Waals surface area contributed by atoms with Crippen molar-refractivity contribution in [1.29, 1.82) is 0 Å². The molecule has 1 aliphatic rings. The van der Waals surface area contributed by atoms with Gasteiger partial charge in [0.15, 0.2) is 8.32 Å². The molecule has 0 bridgehead atoms. The fourth-order valence-electron chi connectivity index (χ4n) is 2.65. The molecular weight excluding hydrogens is 331 g/mol. The SMILES string of the molecule is C=CCCC[C@@H](O[Si](C)(C)C(C)(C)C)C1C=Cc2cc(F)ccc2O1. The Hall–Kier alpha value is -1.39. The molecule has 0 saturated carbocycles. The van der Waals surface area contributed by atoms with E-state index >= 15 is 0 Å². The molecule has 2 atom stereocenters. The van der Waals surface area contributed by atoms with Crippen molar-refractivity contribution in [3.05, 3.63) is 48.3 Å². The van der Waals surface area contributed by atoms with Gasteiger partial charge in [0.1, 0.15) is 17.7 Å². The normalized spacial score (nSPS) is 18.4. The molecule has 0 aromatic heterocycles.